The first kappa shape index (κ1) is 26.3. The van der Waals surface area contributed by atoms with Gasteiger partial charge in [0.2, 0.25) is 0 Å². The third-order valence-corrected chi connectivity index (χ3v) is 7.01. The molecule has 0 aliphatic heterocycles. The number of nitrogens with one attached hydrogen (secondary N) is 2. The molecule has 4 aromatic carbocycles. The predicted octanol–water partition coefficient (Wildman–Crippen LogP) is 7.59. The Hall–Kier alpha value is -4.98. The summed E-state index contributed by atoms with van der Waals surface area (Å²) in [4.78, 5) is 15.7. The minimum absolute atomic E-state index is 0.219. The largest absolute Gasteiger partial charge is 0.508 e. The van der Waals surface area contributed by atoms with Crippen LogP contribution in [0, 0.1) is 0 Å². The second-order valence-electron chi connectivity index (χ2n) is 10.1. The van der Waals surface area contributed by atoms with Crippen molar-refractivity contribution in [3.63, 3.8) is 0 Å². The Balaban J connectivity index is 0.857. The molecule has 6 rings (SSSR count). The van der Waals surface area contributed by atoms with Crippen molar-refractivity contribution in [2.75, 3.05) is 13.2 Å². The first-order valence-corrected chi connectivity index (χ1v) is 13.9. The first-order valence-electron chi connectivity index (χ1n) is 13.9. The highest BCUT2D eigenvalue weighted by molar-refractivity contribution is 5.81. The van der Waals surface area contributed by atoms with Crippen LogP contribution in [0.1, 0.15) is 32.1 Å². The summed E-state index contributed by atoms with van der Waals surface area (Å²) >= 11 is 0. The smallest absolute Gasteiger partial charge is 0.138 e. The van der Waals surface area contributed by atoms with E-state index in [2.05, 4.69) is 19.9 Å². The molecule has 0 bridgehead atoms. The van der Waals surface area contributed by atoms with Crippen molar-refractivity contribution in [3.05, 3.63) is 84.9 Å². The highest BCUT2D eigenvalue weighted by Crippen LogP contribution is 2.26. The maximum Gasteiger partial charge on any atom is 0.138 e. The number of fused-ring (bicyclic) bond motifs is 2. The fraction of sp³-hybridized carbons (Fsp3) is 0.212. The summed E-state index contributed by atoms with van der Waals surface area (Å²) in [5.41, 5.74) is 5.20. The van der Waals surface area contributed by atoms with Crippen LogP contribution in [-0.4, -0.2) is 43.4 Å². The van der Waals surface area contributed by atoms with Crippen LogP contribution in [0.2, 0.25) is 0 Å². The highest BCUT2D eigenvalue weighted by atomic mass is 16.5. The maximum absolute atomic E-state index is 9.65. The minimum atomic E-state index is 0.219. The Morgan fingerprint density at radius 3 is 1.37 bits per heavy atom. The van der Waals surface area contributed by atoms with E-state index in [-0.39, 0.29) is 11.5 Å². The van der Waals surface area contributed by atoms with E-state index in [1.54, 1.807) is 36.4 Å². The van der Waals surface area contributed by atoms with E-state index in [0.29, 0.717) is 13.2 Å². The van der Waals surface area contributed by atoms with Crippen molar-refractivity contribution >= 4 is 22.1 Å². The van der Waals surface area contributed by atoms with Gasteiger partial charge in [-0.25, -0.2) is 9.97 Å². The number of imidazole rings is 2. The summed E-state index contributed by atoms with van der Waals surface area (Å²) in [6.07, 6.45) is 5.41. The SMILES string of the molecule is Oc1ccc2nc(-c3ccc(OCCCCCCCOc4ccc(-c5nc6ccc(O)cc6[nH]5)cc4)cc3)[nH]c2c1. The average molecular weight is 549 g/mol. The number of unbranched alkanes of at least 4 members (excludes halogenated alkanes) is 4. The number of hydrogen-bond acceptors (Lipinski definition) is 6. The van der Waals surface area contributed by atoms with Gasteiger partial charge in [-0.3, -0.25) is 0 Å². The zero-order valence-corrected chi connectivity index (χ0v) is 22.6. The summed E-state index contributed by atoms with van der Waals surface area (Å²) in [6, 6.07) is 26.0. The van der Waals surface area contributed by atoms with E-state index in [4.69, 9.17) is 9.47 Å². The van der Waals surface area contributed by atoms with Crippen molar-refractivity contribution < 1.29 is 19.7 Å². The van der Waals surface area contributed by atoms with E-state index >= 15 is 0 Å². The summed E-state index contributed by atoms with van der Waals surface area (Å²) in [5.74, 6) is 3.67. The molecule has 8 nitrogen and oxygen atoms in total. The van der Waals surface area contributed by atoms with E-state index < -0.39 is 0 Å². The quantitative estimate of drug-likeness (QED) is 0.117. The fourth-order valence-electron chi connectivity index (χ4n) is 4.80. The molecule has 2 heterocycles. The molecule has 0 fully saturated rings. The molecular weight excluding hydrogens is 516 g/mol. The molecule has 0 atom stereocenters. The number of phenolic OH excluding ortho intramolecular Hbond substituents is 2. The first-order chi connectivity index (χ1) is 20.1. The zero-order chi connectivity index (χ0) is 28.0. The van der Waals surface area contributed by atoms with Gasteiger partial charge in [0.15, 0.2) is 0 Å². The number of phenols is 2. The molecular formula is C33H32N4O4. The van der Waals surface area contributed by atoms with Gasteiger partial charge in [0.25, 0.3) is 0 Å². The highest BCUT2D eigenvalue weighted by Gasteiger charge is 2.08. The summed E-state index contributed by atoms with van der Waals surface area (Å²) < 4.78 is 11.8. The summed E-state index contributed by atoms with van der Waals surface area (Å²) in [6.45, 7) is 1.39. The number of H-pyrrole nitrogens is 2. The van der Waals surface area contributed by atoms with Gasteiger partial charge in [-0.1, -0.05) is 19.3 Å². The summed E-state index contributed by atoms with van der Waals surface area (Å²) in [7, 11) is 0. The van der Waals surface area contributed by atoms with Crippen LogP contribution in [0.15, 0.2) is 84.9 Å². The van der Waals surface area contributed by atoms with Gasteiger partial charge in [-0.15, -0.1) is 0 Å². The molecule has 41 heavy (non-hydrogen) atoms. The Labute approximate surface area is 237 Å². The molecule has 0 saturated heterocycles. The van der Waals surface area contributed by atoms with Crippen molar-refractivity contribution in [1.82, 2.24) is 19.9 Å². The number of hydrogen-bond donors (Lipinski definition) is 4. The van der Waals surface area contributed by atoms with Gasteiger partial charge in [0, 0.05) is 23.3 Å². The molecule has 0 radical (unpaired) electrons. The molecule has 0 aliphatic rings. The third-order valence-electron chi connectivity index (χ3n) is 7.01. The Bertz CT molecular complexity index is 1610. The van der Waals surface area contributed by atoms with Crippen LogP contribution < -0.4 is 9.47 Å². The second-order valence-corrected chi connectivity index (χ2v) is 10.1. The van der Waals surface area contributed by atoms with Gasteiger partial charge in [-0.05, 0) is 85.6 Å². The molecule has 0 aliphatic carbocycles. The second kappa shape index (κ2) is 12.0. The Kier molecular flexibility index (Phi) is 7.71. The Morgan fingerprint density at radius 1 is 0.512 bits per heavy atom. The third kappa shape index (κ3) is 6.44. The number of rotatable bonds is 12. The van der Waals surface area contributed by atoms with Gasteiger partial charge in [0.1, 0.15) is 34.6 Å². The van der Waals surface area contributed by atoms with E-state index in [0.717, 1.165) is 88.4 Å². The molecule has 0 amide bonds. The minimum Gasteiger partial charge on any atom is -0.508 e. The normalized spacial score (nSPS) is 11.3. The van der Waals surface area contributed by atoms with Crippen molar-refractivity contribution in [3.8, 4) is 45.8 Å². The van der Waals surface area contributed by atoms with Crippen LogP contribution in [0.3, 0.4) is 0 Å². The van der Waals surface area contributed by atoms with Crippen molar-refractivity contribution in [2.24, 2.45) is 0 Å². The van der Waals surface area contributed by atoms with E-state index in [9.17, 15) is 10.2 Å². The lowest BCUT2D eigenvalue weighted by molar-refractivity contribution is 0.293. The van der Waals surface area contributed by atoms with Crippen molar-refractivity contribution in [1.29, 1.82) is 0 Å². The fourth-order valence-corrected chi connectivity index (χ4v) is 4.80. The topological polar surface area (TPSA) is 116 Å². The standard InChI is InChI=1S/C33H32N4O4/c38-24-10-16-28-30(20-24)36-32(34-28)22-6-12-26(13-7-22)40-18-4-2-1-3-5-19-41-27-14-8-23(9-15-27)33-35-29-17-11-25(39)21-31(29)37-33/h6-17,20-21,38-39H,1-5,18-19H2,(H,34,36)(H,35,37). The molecule has 8 heteroatoms. The van der Waals surface area contributed by atoms with Crippen LogP contribution >= 0.6 is 0 Å². The predicted molar refractivity (Wildman–Crippen MR) is 160 cm³/mol. The van der Waals surface area contributed by atoms with Crippen LogP contribution in [0.25, 0.3) is 44.8 Å². The number of aromatic amines is 2. The lowest BCUT2D eigenvalue weighted by Crippen LogP contribution is -1.99. The van der Waals surface area contributed by atoms with Crippen molar-refractivity contribution in [2.45, 2.75) is 32.1 Å². The van der Waals surface area contributed by atoms with Crippen LogP contribution in [0.5, 0.6) is 23.0 Å². The molecule has 0 spiro atoms. The van der Waals surface area contributed by atoms with Gasteiger partial charge < -0.3 is 29.7 Å². The molecule has 2 aromatic heterocycles. The average Bonchev–Trinajstić information content (AvgIpc) is 3.61. The van der Waals surface area contributed by atoms with Gasteiger partial charge in [-0.2, -0.15) is 0 Å². The zero-order valence-electron chi connectivity index (χ0n) is 22.6. The van der Waals surface area contributed by atoms with E-state index in [1.165, 1.54) is 0 Å². The summed E-state index contributed by atoms with van der Waals surface area (Å²) in [5, 5.41) is 19.3. The maximum atomic E-state index is 9.65. The number of aromatic hydroxyl groups is 2. The lowest BCUT2D eigenvalue weighted by atomic mass is 10.1. The monoisotopic (exact) mass is 548 g/mol. The molecule has 6 aromatic rings. The molecule has 0 unspecified atom stereocenters. The lowest BCUT2D eigenvalue weighted by Gasteiger charge is -2.08. The van der Waals surface area contributed by atoms with Gasteiger partial charge in [0.05, 0.1) is 35.3 Å². The van der Waals surface area contributed by atoms with Crippen LogP contribution in [0.4, 0.5) is 0 Å². The molecule has 4 N–H and O–H groups in total. The number of ether oxygens (including phenoxy) is 2. The molecule has 0 saturated carbocycles. The number of benzene rings is 4. The van der Waals surface area contributed by atoms with Crippen LogP contribution in [-0.2, 0) is 0 Å². The van der Waals surface area contributed by atoms with Gasteiger partial charge >= 0.3 is 0 Å². The Morgan fingerprint density at radius 2 is 0.927 bits per heavy atom. The van der Waals surface area contributed by atoms with E-state index in [1.807, 2.05) is 48.5 Å². The number of aromatic nitrogens is 4. The molecule has 208 valence electrons. The number of nitrogens with zero attached hydrogens (tertiary/aromatic N) is 2.